The first-order valence-corrected chi connectivity index (χ1v) is 13.7. The number of aromatic nitrogens is 2. The predicted molar refractivity (Wildman–Crippen MR) is 136 cm³/mol. The summed E-state index contributed by atoms with van der Waals surface area (Å²) in [4.78, 5) is 23.0. The van der Waals surface area contributed by atoms with Gasteiger partial charge in [0.15, 0.2) is 5.03 Å². The van der Waals surface area contributed by atoms with Gasteiger partial charge in [-0.05, 0) is 57.2 Å². The number of carbonyl (C=O) groups excluding carboxylic acids is 1. The van der Waals surface area contributed by atoms with Crippen LogP contribution in [0, 0.1) is 5.92 Å². The number of amides is 1. The SMILES string of the molecule is CCCCOCCCNc1cccc(S(=O)(=O)c2ccnc(N3CC(C)CC3(C)C)c2C(N)=O)n1. The Kier molecular flexibility index (Phi) is 8.71. The maximum absolute atomic E-state index is 13.6. The summed E-state index contributed by atoms with van der Waals surface area (Å²) in [6.07, 6.45) is 5.20. The Balaban J connectivity index is 1.86. The summed E-state index contributed by atoms with van der Waals surface area (Å²) in [6.45, 7) is 11.0. The first-order chi connectivity index (χ1) is 16.6. The predicted octanol–water partition coefficient (Wildman–Crippen LogP) is 3.65. The highest BCUT2D eigenvalue weighted by molar-refractivity contribution is 7.91. The van der Waals surface area contributed by atoms with E-state index in [1.807, 2.05) is 4.90 Å². The van der Waals surface area contributed by atoms with Crippen LogP contribution in [0.5, 0.6) is 0 Å². The van der Waals surface area contributed by atoms with Crippen LogP contribution < -0.4 is 16.0 Å². The van der Waals surface area contributed by atoms with Crippen molar-refractivity contribution in [1.82, 2.24) is 9.97 Å². The topological polar surface area (TPSA) is 128 Å². The van der Waals surface area contributed by atoms with Crippen LogP contribution in [-0.4, -0.2) is 56.1 Å². The maximum Gasteiger partial charge on any atom is 0.253 e. The fourth-order valence-corrected chi connectivity index (χ4v) is 5.97. The van der Waals surface area contributed by atoms with E-state index < -0.39 is 15.7 Å². The first kappa shape index (κ1) is 26.9. The van der Waals surface area contributed by atoms with Crippen LogP contribution in [0.25, 0.3) is 0 Å². The average molecular weight is 504 g/mol. The van der Waals surface area contributed by atoms with Crippen molar-refractivity contribution < 1.29 is 17.9 Å². The van der Waals surface area contributed by atoms with Crippen molar-refractivity contribution in [1.29, 1.82) is 0 Å². The highest BCUT2D eigenvalue weighted by atomic mass is 32.2. The molecular formula is C25H37N5O4S. The van der Waals surface area contributed by atoms with Crippen molar-refractivity contribution in [2.75, 3.05) is 36.5 Å². The second-order valence-electron chi connectivity index (χ2n) is 9.72. The minimum atomic E-state index is -4.13. The molecule has 192 valence electrons. The molecule has 0 radical (unpaired) electrons. The van der Waals surface area contributed by atoms with E-state index in [1.54, 1.807) is 12.1 Å². The lowest BCUT2D eigenvalue weighted by molar-refractivity contribution is 0.0997. The number of carbonyl (C=O) groups is 1. The summed E-state index contributed by atoms with van der Waals surface area (Å²) in [5.41, 5.74) is 5.33. The molecule has 1 amide bonds. The van der Waals surface area contributed by atoms with Gasteiger partial charge in [-0.3, -0.25) is 4.79 Å². The number of unbranched alkanes of at least 4 members (excludes halogenated alkanes) is 1. The van der Waals surface area contributed by atoms with Gasteiger partial charge in [0, 0.05) is 38.0 Å². The normalized spacial score (nSPS) is 17.5. The number of sulfone groups is 1. The molecule has 3 rings (SSSR count). The molecular weight excluding hydrogens is 466 g/mol. The number of pyridine rings is 2. The minimum Gasteiger partial charge on any atom is -0.381 e. The molecule has 1 unspecified atom stereocenters. The van der Waals surface area contributed by atoms with Crippen molar-refractivity contribution >= 4 is 27.4 Å². The van der Waals surface area contributed by atoms with Gasteiger partial charge in [-0.25, -0.2) is 18.4 Å². The first-order valence-electron chi connectivity index (χ1n) is 12.2. The molecule has 3 heterocycles. The van der Waals surface area contributed by atoms with Crippen LogP contribution >= 0.6 is 0 Å². The molecule has 1 saturated heterocycles. The van der Waals surface area contributed by atoms with Crippen molar-refractivity contribution in [2.24, 2.45) is 11.7 Å². The van der Waals surface area contributed by atoms with Crippen LogP contribution in [0.1, 0.15) is 63.7 Å². The number of nitrogens with one attached hydrogen (secondary N) is 1. The van der Waals surface area contributed by atoms with Crippen LogP contribution in [0.4, 0.5) is 11.6 Å². The molecule has 0 aliphatic carbocycles. The van der Waals surface area contributed by atoms with Gasteiger partial charge in [-0.1, -0.05) is 26.3 Å². The Morgan fingerprint density at radius 2 is 2.00 bits per heavy atom. The van der Waals surface area contributed by atoms with Gasteiger partial charge in [0.1, 0.15) is 17.2 Å². The molecule has 10 heteroatoms. The molecule has 0 bridgehead atoms. The molecule has 35 heavy (non-hydrogen) atoms. The van der Waals surface area contributed by atoms with Gasteiger partial charge in [0.2, 0.25) is 9.84 Å². The van der Waals surface area contributed by atoms with Crippen LogP contribution in [0.3, 0.4) is 0 Å². The Labute approximate surface area is 208 Å². The molecule has 1 aliphatic rings. The lowest BCUT2D eigenvalue weighted by Gasteiger charge is -2.33. The fraction of sp³-hybridized carbons (Fsp3) is 0.560. The lowest BCUT2D eigenvalue weighted by atomic mass is 9.97. The Morgan fingerprint density at radius 1 is 1.26 bits per heavy atom. The number of anilines is 2. The smallest absolute Gasteiger partial charge is 0.253 e. The summed E-state index contributed by atoms with van der Waals surface area (Å²) in [5, 5.41) is 2.98. The molecule has 1 aliphatic heterocycles. The molecule has 9 nitrogen and oxygen atoms in total. The molecule has 3 N–H and O–H groups in total. The van der Waals surface area contributed by atoms with Crippen LogP contribution in [-0.2, 0) is 14.6 Å². The summed E-state index contributed by atoms with van der Waals surface area (Å²) in [7, 11) is -4.13. The van der Waals surface area contributed by atoms with E-state index in [2.05, 4.69) is 43.0 Å². The van der Waals surface area contributed by atoms with E-state index >= 15 is 0 Å². The number of nitrogens with zero attached hydrogens (tertiary/aromatic N) is 3. The molecule has 0 aromatic carbocycles. The number of primary amides is 1. The van der Waals surface area contributed by atoms with E-state index in [4.69, 9.17) is 10.5 Å². The summed E-state index contributed by atoms with van der Waals surface area (Å²) >= 11 is 0. The highest BCUT2D eigenvalue weighted by Crippen LogP contribution is 2.39. The second kappa shape index (κ2) is 11.3. The third-order valence-corrected chi connectivity index (χ3v) is 7.87. The van der Waals surface area contributed by atoms with E-state index in [9.17, 15) is 13.2 Å². The third kappa shape index (κ3) is 6.29. The van der Waals surface area contributed by atoms with E-state index in [0.29, 0.717) is 37.3 Å². The van der Waals surface area contributed by atoms with Gasteiger partial charge in [0.05, 0.1) is 4.90 Å². The monoisotopic (exact) mass is 503 g/mol. The van der Waals surface area contributed by atoms with Crippen molar-refractivity contribution in [2.45, 2.75) is 68.8 Å². The molecule has 0 spiro atoms. The molecule has 1 fully saturated rings. The number of hydrogen-bond acceptors (Lipinski definition) is 8. The van der Waals surface area contributed by atoms with Gasteiger partial charge >= 0.3 is 0 Å². The van der Waals surface area contributed by atoms with Gasteiger partial charge in [-0.15, -0.1) is 0 Å². The van der Waals surface area contributed by atoms with Gasteiger partial charge < -0.3 is 20.7 Å². The average Bonchev–Trinajstić information content (AvgIpc) is 3.09. The van der Waals surface area contributed by atoms with Crippen molar-refractivity contribution in [3.63, 3.8) is 0 Å². The third-order valence-electron chi connectivity index (χ3n) is 6.17. The molecule has 0 saturated carbocycles. The Morgan fingerprint density at radius 3 is 2.66 bits per heavy atom. The second-order valence-corrected chi connectivity index (χ2v) is 11.6. The number of rotatable bonds is 12. The van der Waals surface area contributed by atoms with Crippen LogP contribution in [0.2, 0.25) is 0 Å². The zero-order valence-electron chi connectivity index (χ0n) is 21.1. The Hall–Kier alpha value is -2.72. The van der Waals surface area contributed by atoms with E-state index in [-0.39, 0.29) is 21.0 Å². The van der Waals surface area contributed by atoms with E-state index in [1.165, 1.54) is 18.3 Å². The minimum absolute atomic E-state index is 0.0981. The fourth-order valence-electron chi connectivity index (χ4n) is 4.57. The number of ether oxygens (including phenoxy) is 1. The zero-order valence-corrected chi connectivity index (χ0v) is 21.9. The highest BCUT2D eigenvalue weighted by Gasteiger charge is 2.40. The van der Waals surface area contributed by atoms with E-state index in [0.717, 1.165) is 32.3 Å². The van der Waals surface area contributed by atoms with Crippen molar-refractivity contribution in [3.8, 4) is 0 Å². The maximum atomic E-state index is 13.6. The van der Waals surface area contributed by atoms with Gasteiger partial charge in [-0.2, -0.15) is 0 Å². The number of nitrogens with two attached hydrogens (primary N) is 1. The lowest BCUT2D eigenvalue weighted by Crippen LogP contribution is -2.40. The van der Waals surface area contributed by atoms with Crippen molar-refractivity contribution in [3.05, 3.63) is 36.0 Å². The molecule has 2 aromatic heterocycles. The quantitative estimate of drug-likeness (QED) is 0.420. The Bertz CT molecular complexity index is 1140. The molecule has 1 atom stereocenters. The number of hydrogen-bond donors (Lipinski definition) is 2. The summed E-state index contributed by atoms with van der Waals surface area (Å²) < 4.78 is 32.8. The summed E-state index contributed by atoms with van der Waals surface area (Å²) in [5.74, 6) is 0.267. The standard InChI is InChI=1S/C25H37N5O4S/c1-5-6-14-34-15-8-12-27-20-9-7-10-21(29-20)35(32,33)19-11-13-28-24(22(19)23(26)31)30-17-18(2)16-25(30,3)4/h7,9-11,13,18H,5-6,8,12,14-17H2,1-4H3,(H2,26,31)(H,27,29). The molecule has 2 aromatic rings. The largest absolute Gasteiger partial charge is 0.381 e. The zero-order chi connectivity index (χ0) is 25.6. The summed E-state index contributed by atoms with van der Waals surface area (Å²) in [6, 6.07) is 6.07. The van der Waals surface area contributed by atoms with Gasteiger partial charge in [0.25, 0.3) is 5.91 Å². The van der Waals surface area contributed by atoms with Crippen LogP contribution in [0.15, 0.2) is 40.4 Å².